The van der Waals surface area contributed by atoms with Gasteiger partial charge in [-0.3, -0.25) is 5.32 Å². The van der Waals surface area contributed by atoms with E-state index in [1.165, 1.54) is 0 Å². The van der Waals surface area contributed by atoms with Crippen LogP contribution in [0.25, 0.3) is 0 Å². The smallest absolute Gasteiger partial charge is 0.308 e. The fourth-order valence-corrected chi connectivity index (χ4v) is 1.63. The van der Waals surface area contributed by atoms with Crippen LogP contribution >= 0.6 is 23.2 Å². The van der Waals surface area contributed by atoms with Crippen molar-refractivity contribution in [2.24, 2.45) is 0 Å². The van der Waals surface area contributed by atoms with Gasteiger partial charge in [-0.15, -0.1) is 0 Å². The molecule has 0 aliphatic carbocycles. The second-order valence-corrected chi connectivity index (χ2v) is 3.96. The first-order chi connectivity index (χ1) is 7.50. The Morgan fingerprint density at radius 2 is 2.19 bits per heavy atom. The molecule has 0 heterocycles. The highest BCUT2D eigenvalue weighted by Gasteiger charge is 2.05. The molecule has 4 nitrogen and oxygen atoms in total. The van der Waals surface area contributed by atoms with Crippen LogP contribution in [-0.4, -0.2) is 11.5 Å². The molecule has 1 aromatic rings. The number of rotatable bonds is 5. The Balaban J connectivity index is 2.49. The first-order valence-corrected chi connectivity index (χ1v) is 5.27. The molecule has 0 aromatic heterocycles. The second kappa shape index (κ2) is 5.72. The van der Waals surface area contributed by atoms with Crippen molar-refractivity contribution in [2.45, 2.75) is 6.42 Å². The first-order valence-electron chi connectivity index (χ1n) is 4.52. The largest absolute Gasteiger partial charge is 0.358 e. The lowest BCUT2D eigenvalue weighted by molar-refractivity contribution is -0.431. The molecule has 0 saturated carbocycles. The van der Waals surface area contributed by atoms with Crippen LogP contribution in [0, 0.1) is 10.1 Å². The van der Waals surface area contributed by atoms with Gasteiger partial charge in [0.05, 0.1) is 6.54 Å². The Morgan fingerprint density at radius 1 is 1.50 bits per heavy atom. The molecule has 0 spiro atoms. The van der Waals surface area contributed by atoms with E-state index in [1.54, 1.807) is 18.2 Å². The quantitative estimate of drug-likeness (QED) is 0.655. The average Bonchev–Trinajstić information content (AvgIpc) is 2.20. The maximum absolute atomic E-state index is 10.3. The lowest BCUT2D eigenvalue weighted by Crippen LogP contribution is -2.21. The van der Waals surface area contributed by atoms with Crippen LogP contribution < -0.4 is 5.32 Å². The summed E-state index contributed by atoms with van der Waals surface area (Å²) in [4.78, 5) is 9.69. The molecule has 0 aliphatic heterocycles. The zero-order valence-corrected chi connectivity index (χ0v) is 9.88. The summed E-state index contributed by atoms with van der Waals surface area (Å²) in [5.41, 5.74) is 0.884. The van der Waals surface area contributed by atoms with Crippen LogP contribution in [0.2, 0.25) is 10.0 Å². The van der Waals surface area contributed by atoms with Crippen LogP contribution in [0.15, 0.2) is 30.6 Å². The van der Waals surface area contributed by atoms with Crippen LogP contribution in [0.3, 0.4) is 0 Å². The fraction of sp³-hybridized carbons (Fsp3) is 0.200. The maximum Gasteiger partial charge on any atom is 0.308 e. The summed E-state index contributed by atoms with van der Waals surface area (Å²) in [5, 5.41) is 14.0. The molecule has 0 unspecified atom stereocenters. The second-order valence-electron chi connectivity index (χ2n) is 3.12. The number of halogens is 2. The van der Waals surface area contributed by atoms with Crippen molar-refractivity contribution in [1.82, 2.24) is 5.32 Å². The molecule has 0 aliphatic rings. The van der Waals surface area contributed by atoms with E-state index in [-0.39, 0.29) is 5.82 Å². The van der Waals surface area contributed by atoms with Crippen molar-refractivity contribution >= 4 is 23.2 Å². The Morgan fingerprint density at radius 3 is 2.75 bits per heavy atom. The van der Waals surface area contributed by atoms with Gasteiger partial charge >= 0.3 is 5.82 Å². The summed E-state index contributed by atoms with van der Waals surface area (Å²) >= 11 is 11.7. The first kappa shape index (κ1) is 12.8. The Labute approximate surface area is 103 Å². The lowest BCUT2D eigenvalue weighted by Gasteiger charge is -2.04. The lowest BCUT2D eigenvalue weighted by atomic mass is 10.1. The minimum absolute atomic E-state index is 0.218. The van der Waals surface area contributed by atoms with E-state index in [9.17, 15) is 10.1 Å². The van der Waals surface area contributed by atoms with Gasteiger partial charge in [-0.05, 0) is 29.2 Å². The minimum Gasteiger partial charge on any atom is -0.358 e. The predicted molar refractivity (Wildman–Crippen MR) is 64.3 cm³/mol. The van der Waals surface area contributed by atoms with Gasteiger partial charge in [0, 0.05) is 16.5 Å². The van der Waals surface area contributed by atoms with Crippen molar-refractivity contribution in [3.05, 3.63) is 56.3 Å². The van der Waals surface area contributed by atoms with Gasteiger partial charge in [0.2, 0.25) is 0 Å². The molecule has 0 bridgehead atoms. The molecule has 1 aromatic carbocycles. The van der Waals surface area contributed by atoms with Gasteiger partial charge in [0.1, 0.15) is 0 Å². The molecule has 6 heteroatoms. The molecule has 0 atom stereocenters. The number of benzene rings is 1. The molecular weight excluding hydrogens is 251 g/mol. The highest BCUT2D eigenvalue weighted by atomic mass is 35.5. The number of nitrogens with zero attached hydrogens (tertiary/aromatic N) is 1. The molecule has 0 saturated heterocycles. The summed E-state index contributed by atoms with van der Waals surface area (Å²) < 4.78 is 0. The van der Waals surface area contributed by atoms with Gasteiger partial charge in [0.25, 0.3) is 0 Å². The summed E-state index contributed by atoms with van der Waals surface area (Å²) in [6.45, 7) is 3.66. The highest BCUT2D eigenvalue weighted by molar-refractivity contribution is 6.35. The Kier molecular flexibility index (Phi) is 4.58. The van der Waals surface area contributed by atoms with E-state index in [2.05, 4.69) is 11.9 Å². The van der Waals surface area contributed by atoms with E-state index in [0.717, 1.165) is 5.56 Å². The van der Waals surface area contributed by atoms with Crippen molar-refractivity contribution in [3.63, 3.8) is 0 Å². The minimum atomic E-state index is -0.566. The molecule has 1 N–H and O–H groups in total. The van der Waals surface area contributed by atoms with Crippen LogP contribution in [0.1, 0.15) is 5.56 Å². The van der Waals surface area contributed by atoms with Crippen LogP contribution in [-0.2, 0) is 6.42 Å². The van der Waals surface area contributed by atoms with Crippen molar-refractivity contribution in [2.75, 3.05) is 6.54 Å². The van der Waals surface area contributed by atoms with Gasteiger partial charge in [-0.1, -0.05) is 29.3 Å². The maximum atomic E-state index is 10.3. The van der Waals surface area contributed by atoms with E-state index >= 15 is 0 Å². The van der Waals surface area contributed by atoms with Crippen molar-refractivity contribution in [3.8, 4) is 0 Å². The zero-order chi connectivity index (χ0) is 12.1. The van der Waals surface area contributed by atoms with Crippen LogP contribution in [0.5, 0.6) is 0 Å². The third-order valence-corrected chi connectivity index (χ3v) is 2.55. The number of nitrogens with one attached hydrogen (secondary N) is 1. The highest BCUT2D eigenvalue weighted by Crippen LogP contribution is 2.21. The summed E-state index contributed by atoms with van der Waals surface area (Å²) in [6, 6.07) is 5.16. The normalized spacial score (nSPS) is 9.88. The summed E-state index contributed by atoms with van der Waals surface area (Å²) in [6.07, 6.45) is 0.572. The molecule has 0 fully saturated rings. The van der Waals surface area contributed by atoms with Crippen molar-refractivity contribution in [1.29, 1.82) is 0 Å². The van der Waals surface area contributed by atoms with E-state index in [0.29, 0.717) is 23.0 Å². The predicted octanol–water partition coefficient (Wildman–Crippen LogP) is 2.87. The fourth-order valence-electron chi connectivity index (χ4n) is 1.13. The van der Waals surface area contributed by atoms with Gasteiger partial charge in [-0.2, -0.15) is 0 Å². The van der Waals surface area contributed by atoms with Gasteiger partial charge < -0.3 is 10.1 Å². The SMILES string of the molecule is C=C(NCCc1ccc(Cl)cc1Cl)[N+](=O)[O-]. The van der Waals surface area contributed by atoms with Crippen LogP contribution in [0.4, 0.5) is 0 Å². The van der Waals surface area contributed by atoms with E-state index < -0.39 is 4.92 Å². The molecule has 16 heavy (non-hydrogen) atoms. The standard InChI is InChI=1S/C10H10Cl2N2O2/c1-7(14(15)16)13-5-4-8-2-3-9(11)6-10(8)12/h2-3,6,13H,1,4-5H2. The third kappa shape index (κ3) is 3.72. The molecule has 1 rings (SSSR count). The summed E-state index contributed by atoms with van der Waals surface area (Å²) in [5.74, 6) is -0.218. The average molecular weight is 261 g/mol. The third-order valence-electron chi connectivity index (χ3n) is 1.96. The number of hydrogen-bond donors (Lipinski definition) is 1. The summed E-state index contributed by atoms with van der Waals surface area (Å²) in [7, 11) is 0. The van der Waals surface area contributed by atoms with Gasteiger partial charge in [-0.25, -0.2) is 0 Å². The Hall–Kier alpha value is -1.26. The van der Waals surface area contributed by atoms with E-state index in [4.69, 9.17) is 23.2 Å². The molecule has 0 radical (unpaired) electrons. The van der Waals surface area contributed by atoms with Crippen molar-refractivity contribution < 1.29 is 4.92 Å². The van der Waals surface area contributed by atoms with E-state index in [1.807, 2.05) is 0 Å². The molecule has 86 valence electrons. The molecular formula is C10H10Cl2N2O2. The van der Waals surface area contributed by atoms with Gasteiger partial charge in [0.15, 0.2) is 0 Å². The Bertz CT molecular complexity index is 421. The number of nitro groups is 1. The monoisotopic (exact) mass is 260 g/mol. The number of hydrogen-bond acceptors (Lipinski definition) is 3. The molecule has 0 amide bonds. The zero-order valence-electron chi connectivity index (χ0n) is 8.37. The topological polar surface area (TPSA) is 55.2 Å².